The van der Waals surface area contributed by atoms with Gasteiger partial charge in [-0.25, -0.2) is 0 Å². The molecule has 18 heavy (non-hydrogen) atoms. The van der Waals surface area contributed by atoms with E-state index in [1.807, 2.05) is 0 Å². The van der Waals surface area contributed by atoms with Gasteiger partial charge in [0, 0.05) is 24.0 Å². The third kappa shape index (κ3) is 2.21. The first-order valence-corrected chi connectivity index (χ1v) is 7.77. The fourth-order valence-electron chi connectivity index (χ4n) is 4.31. The first-order chi connectivity index (χ1) is 8.69. The summed E-state index contributed by atoms with van der Waals surface area (Å²) in [6.07, 6.45) is 5.89. The van der Waals surface area contributed by atoms with Gasteiger partial charge in [0.2, 0.25) is 0 Å². The van der Waals surface area contributed by atoms with Crippen molar-refractivity contribution in [1.29, 1.82) is 0 Å². The number of hydrogen-bond acceptors (Lipinski definition) is 3. The van der Waals surface area contributed by atoms with Crippen LogP contribution in [0.1, 0.15) is 39.5 Å². The lowest BCUT2D eigenvalue weighted by atomic mass is 9.57. The van der Waals surface area contributed by atoms with Crippen molar-refractivity contribution < 1.29 is 4.74 Å². The van der Waals surface area contributed by atoms with Crippen molar-refractivity contribution in [1.82, 2.24) is 10.2 Å². The van der Waals surface area contributed by atoms with E-state index >= 15 is 0 Å². The van der Waals surface area contributed by atoms with E-state index in [0.717, 1.165) is 12.5 Å². The highest BCUT2D eigenvalue weighted by Crippen LogP contribution is 2.51. The third-order valence-corrected chi connectivity index (χ3v) is 5.31. The molecular weight excluding hydrogens is 224 g/mol. The Morgan fingerprint density at radius 2 is 2.06 bits per heavy atom. The highest BCUT2D eigenvalue weighted by molar-refractivity contribution is 5.11. The van der Waals surface area contributed by atoms with Gasteiger partial charge in [-0.1, -0.05) is 13.8 Å². The average molecular weight is 252 g/mol. The molecule has 2 saturated heterocycles. The van der Waals surface area contributed by atoms with Gasteiger partial charge in [-0.05, 0) is 51.9 Å². The largest absolute Gasteiger partial charge is 0.377 e. The van der Waals surface area contributed by atoms with Crippen LogP contribution in [-0.4, -0.2) is 49.8 Å². The van der Waals surface area contributed by atoms with Gasteiger partial charge in [-0.3, -0.25) is 0 Å². The van der Waals surface area contributed by atoms with E-state index in [0.29, 0.717) is 17.6 Å². The lowest BCUT2D eigenvalue weighted by Crippen LogP contribution is -2.65. The minimum absolute atomic E-state index is 0.342. The highest BCUT2D eigenvalue weighted by atomic mass is 16.5. The lowest BCUT2D eigenvalue weighted by molar-refractivity contribution is -0.112. The first kappa shape index (κ1) is 12.9. The molecule has 0 amide bonds. The zero-order valence-corrected chi connectivity index (χ0v) is 12.0. The number of fused-ring (bicyclic) bond motifs is 1. The quantitative estimate of drug-likeness (QED) is 0.756. The molecule has 3 unspecified atom stereocenters. The number of rotatable bonds is 5. The van der Waals surface area contributed by atoms with Gasteiger partial charge in [-0.15, -0.1) is 0 Å². The minimum Gasteiger partial charge on any atom is -0.377 e. The maximum absolute atomic E-state index is 5.84. The van der Waals surface area contributed by atoms with Crippen LogP contribution in [0.15, 0.2) is 0 Å². The van der Waals surface area contributed by atoms with Crippen molar-refractivity contribution in [3.8, 4) is 0 Å². The highest BCUT2D eigenvalue weighted by Gasteiger charge is 2.58. The number of likely N-dealkylation sites (tertiary alicyclic amines) is 1. The van der Waals surface area contributed by atoms with E-state index < -0.39 is 0 Å². The summed E-state index contributed by atoms with van der Waals surface area (Å²) < 4.78 is 5.84. The number of hydrogen-bond donors (Lipinski definition) is 1. The van der Waals surface area contributed by atoms with Crippen LogP contribution >= 0.6 is 0 Å². The summed E-state index contributed by atoms with van der Waals surface area (Å²) in [4.78, 5) is 2.61. The molecule has 1 aliphatic carbocycles. The molecule has 3 nitrogen and oxygen atoms in total. The summed E-state index contributed by atoms with van der Waals surface area (Å²) in [5.74, 6) is 0.784. The van der Waals surface area contributed by atoms with Crippen LogP contribution in [0, 0.1) is 11.3 Å². The van der Waals surface area contributed by atoms with Crippen molar-refractivity contribution in [3.63, 3.8) is 0 Å². The Balaban J connectivity index is 1.38. The molecular formula is C15H28N2O. The van der Waals surface area contributed by atoms with Crippen molar-refractivity contribution in [2.24, 2.45) is 11.3 Å². The van der Waals surface area contributed by atoms with Crippen molar-refractivity contribution in [2.75, 3.05) is 32.8 Å². The second-order valence-electron chi connectivity index (χ2n) is 6.90. The molecule has 1 saturated carbocycles. The van der Waals surface area contributed by atoms with Crippen LogP contribution in [0.2, 0.25) is 0 Å². The fraction of sp³-hybridized carbons (Fsp3) is 1.00. The van der Waals surface area contributed by atoms with E-state index in [9.17, 15) is 0 Å². The number of ether oxygens (including phenoxy) is 1. The van der Waals surface area contributed by atoms with Crippen LogP contribution in [-0.2, 0) is 4.74 Å². The monoisotopic (exact) mass is 252 g/mol. The molecule has 0 aromatic carbocycles. The first-order valence-electron chi connectivity index (χ1n) is 7.77. The molecule has 104 valence electrons. The lowest BCUT2D eigenvalue weighted by Gasteiger charge is -2.55. The molecule has 0 aromatic heterocycles. The van der Waals surface area contributed by atoms with Gasteiger partial charge in [0.1, 0.15) is 0 Å². The zero-order valence-electron chi connectivity index (χ0n) is 12.0. The van der Waals surface area contributed by atoms with Gasteiger partial charge >= 0.3 is 0 Å². The zero-order chi connectivity index (χ0) is 12.6. The summed E-state index contributed by atoms with van der Waals surface area (Å²) >= 11 is 0. The molecule has 0 radical (unpaired) electrons. The summed E-state index contributed by atoms with van der Waals surface area (Å²) in [5.41, 5.74) is 0.342. The standard InChI is InChI=1S/C15H28N2O/c1-15(2)13(12-6-11-18-14(12)15)16-7-5-10-17-8-3-4-9-17/h12-14,16H,3-11H2,1-2H3. The molecule has 3 fully saturated rings. The second-order valence-corrected chi connectivity index (χ2v) is 6.90. The molecule has 3 atom stereocenters. The van der Waals surface area contributed by atoms with Gasteiger partial charge in [0.25, 0.3) is 0 Å². The number of nitrogens with zero attached hydrogens (tertiary/aromatic N) is 1. The molecule has 0 spiro atoms. The van der Waals surface area contributed by atoms with Crippen LogP contribution in [0.5, 0.6) is 0 Å². The van der Waals surface area contributed by atoms with Crippen LogP contribution in [0.3, 0.4) is 0 Å². The molecule has 3 heteroatoms. The second kappa shape index (κ2) is 5.10. The Morgan fingerprint density at radius 3 is 2.83 bits per heavy atom. The fourth-order valence-corrected chi connectivity index (χ4v) is 4.31. The Bertz CT molecular complexity index is 286. The van der Waals surface area contributed by atoms with E-state index in [4.69, 9.17) is 4.74 Å². The smallest absolute Gasteiger partial charge is 0.0685 e. The molecule has 0 aromatic rings. The summed E-state index contributed by atoms with van der Waals surface area (Å²) in [6.45, 7) is 10.8. The van der Waals surface area contributed by atoms with Gasteiger partial charge in [-0.2, -0.15) is 0 Å². The van der Waals surface area contributed by atoms with Crippen molar-refractivity contribution in [3.05, 3.63) is 0 Å². The Kier molecular flexibility index (Phi) is 3.65. The van der Waals surface area contributed by atoms with Crippen LogP contribution in [0.4, 0.5) is 0 Å². The normalized spacial score (nSPS) is 38.7. The summed E-state index contributed by atoms with van der Waals surface area (Å²) in [7, 11) is 0. The van der Waals surface area contributed by atoms with E-state index in [1.54, 1.807) is 0 Å². The topological polar surface area (TPSA) is 24.5 Å². The Morgan fingerprint density at radius 1 is 1.28 bits per heavy atom. The molecule has 0 bridgehead atoms. The third-order valence-electron chi connectivity index (χ3n) is 5.31. The van der Waals surface area contributed by atoms with Gasteiger partial charge in [0.05, 0.1) is 6.10 Å². The predicted molar refractivity (Wildman–Crippen MR) is 73.7 cm³/mol. The van der Waals surface area contributed by atoms with E-state index in [1.165, 1.54) is 51.9 Å². The number of nitrogens with one attached hydrogen (secondary N) is 1. The molecule has 1 N–H and O–H groups in total. The van der Waals surface area contributed by atoms with Crippen LogP contribution in [0.25, 0.3) is 0 Å². The van der Waals surface area contributed by atoms with Crippen molar-refractivity contribution in [2.45, 2.75) is 51.7 Å². The summed E-state index contributed by atoms with van der Waals surface area (Å²) in [5, 5.41) is 3.80. The van der Waals surface area contributed by atoms with Crippen molar-refractivity contribution >= 4 is 0 Å². The average Bonchev–Trinajstić information content (AvgIpc) is 2.97. The SMILES string of the molecule is CC1(C)C(NCCCN2CCCC2)C2CCOC21. The minimum atomic E-state index is 0.342. The molecule has 2 aliphatic heterocycles. The molecule has 3 rings (SSSR count). The van der Waals surface area contributed by atoms with E-state index in [2.05, 4.69) is 24.1 Å². The van der Waals surface area contributed by atoms with E-state index in [-0.39, 0.29) is 0 Å². The Hall–Kier alpha value is -0.120. The maximum Gasteiger partial charge on any atom is 0.0685 e. The molecule has 2 heterocycles. The maximum atomic E-state index is 5.84. The van der Waals surface area contributed by atoms with Gasteiger partial charge < -0.3 is 15.0 Å². The Labute approximate surface area is 111 Å². The predicted octanol–water partition coefficient (Wildman–Crippen LogP) is 1.88. The van der Waals surface area contributed by atoms with Gasteiger partial charge in [0.15, 0.2) is 0 Å². The molecule has 3 aliphatic rings. The van der Waals surface area contributed by atoms with Crippen LogP contribution < -0.4 is 5.32 Å². The summed E-state index contributed by atoms with van der Waals surface area (Å²) in [6, 6.07) is 0.684.